The Morgan fingerprint density at radius 2 is 1.75 bits per heavy atom. The molecule has 2 amide bonds. The molecule has 3 atom stereocenters. The number of hydroxylamine groups is 1. The molecule has 0 saturated carbocycles. The van der Waals surface area contributed by atoms with Gasteiger partial charge in [-0.25, -0.2) is 5.48 Å². The lowest BCUT2D eigenvalue weighted by Gasteiger charge is -2.27. The minimum Gasteiger partial charge on any atom is -0.359 e. The fourth-order valence-electron chi connectivity index (χ4n) is 3.76. The topological polar surface area (TPSA) is 95.5 Å². The molecule has 174 valence electrons. The van der Waals surface area contributed by atoms with E-state index in [1.165, 1.54) is 11.8 Å². The Hall–Kier alpha value is -2.16. The molecule has 0 aliphatic heterocycles. The number of hydrogen-bond acceptors (Lipinski definition) is 6. The molecular weight excluding hydrogens is 444 g/mol. The number of hydrogen-bond donors (Lipinski definition) is 3. The summed E-state index contributed by atoms with van der Waals surface area (Å²) in [6.07, 6.45) is 1.00. The van der Waals surface area contributed by atoms with Crippen LogP contribution in [0.25, 0.3) is 0 Å². The van der Waals surface area contributed by atoms with Gasteiger partial charge in [-0.1, -0.05) is 50.2 Å². The second kappa shape index (κ2) is 13.4. The molecule has 1 aromatic heterocycles. The van der Waals surface area contributed by atoms with Crippen LogP contribution in [-0.4, -0.2) is 35.6 Å². The molecule has 0 radical (unpaired) electrons. The van der Waals surface area contributed by atoms with Gasteiger partial charge < -0.3 is 5.32 Å². The van der Waals surface area contributed by atoms with Gasteiger partial charge in [0, 0.05) is 31.1 Å². The van der Waals surface area contributed by atoms with Crippen LogP contribution in [0.15, 0.2) is 52.1 Å². The van der Waals surface area contributed by atoms with E-state index in [0.29, 0.717) is 18.6 Å². The van der Waals surface area contributed by atoms with Gasteiger partial charge in [0.25, 0.3) is 0 Å². The first kappa shape index (κ1) is 26.1. The predicted molar refractivity (Wildman–Crippen MR) is 129 cm³/mol. The Morgan fingerprint density at radius 3 is 2.31 bits per heavy atom. The minimum absolute atomic E-state index is 0.0465. The van der Waals surface area contributed by atoms with Crippen LogP contribution in [0.5, 0.6) is 0 Å². The van der Waals surface area contributed by atoms with Gasteiger partial charge in [0.05, 0.1) is 10.1 Å². The number of amides is 2. The van der Waals surface area contributed by atoms with Gasteiger partial charge in [0.2, 0.25) is 11.8 Å². The van der Waals surface area contributed by atoms with Crippen molar-refractivity contribution in [3.05, 3.63) is 53.4 Å². The van der Waals surface area contributed by atoms with Crippen LogP contribution in [0.3, 0.4) is 0 Å². The molecule has 2 unspecified atom stereocenters. The molecule has 0 spiro atoms. The summed E-state index contributed by atoms with van der Waals surface area (Å²) in [6.45, 7) is 4.00. The number of Topliss-reactive ketones (excluding diaryl/α,β-unsaturated/α-hetero) is 1. The molecule has 3 N–H and O–H groups in total. The summed E-state index contributed by atoms with van der Waals surface area (Å²) < 4.78 is 1.05. The maximum Gasteiger partial charge on any atom is 0.248 e. The van der Waals surface area contributed by atoms with Gasteiger partial charge in [0.1, 0.15) is 5.78 Å². The third kappa shape index (κ3) is 8.07. The molecule has 0 fully saturated rings. The summed E-state index contributed by atoms with van der Waals surface area (Å²) in [4.78, 5) is 38.6. The average Bonchev–Trinajstić information content (AvgIpc) is 3.31. The van der Waals surface area contributed by atoms with Crippen molar-refractivity contribution in [2.45, 2.75) is 37.3 Å². The fourth-order valence-corrected chi connectivity index (χ4v) is 5.75. The molecular formula is C24H32N2O4S2. The van der Waals surface area contributed by atoms with Gasteiger partial charge in [-0.3, -0.25) is 19.6 Å². The maximum absolute atomic E-state index is 13.5. The molecule has 6 nitrogen and oxygen atoms in total. The highest BCUT2D eigenvalue weighted by Crippen LogP contribution is 2.32. The van der Waals surface area contributed by atoms with Gasteiger partial charge in [-0.05, 0) is 35.8 Å². The summed E-state index contributed by atoms with van der Waals surface area (Å²) in [5.41, 5.74) is 2.73. The number of benzene rings is 1. The standard InChI is InChI=1S/C24H32N2O4S2/c1-16(2)12-19(20(24(29)26-30)15-32-22-10-7-11-31-22)21(27)14-18(23(28)25-3)13-17-8-5-4-6-9-17/h4-11,16,18-20,30H,12-15H2,1-3H3,(H,25,28)(H,26,29)/t18?,19-,20?/m1/s1. The van der Waals surface area contributed by atoms with Gasteiger partial charge in [-0.15, -0.1) is 23.1 Å². The van der Waals surface area contributed by atoms with E-state index in [1.54, 1.807) is 23.9 Å². The number of ketones is 1. The molecule has 1 heterocycles. The third-order valence-electron chi connectivity index (χ3n) is 5.36. The number of carbonyl (C=O) groups is 3. The lowest BCUT2D eigenvalue weighted by molar-refractivity contribution is -0.140. The van der Waals surface area contributed by atoms with Gasteiger partial charge in [-0.2, -0.15) is 0 Å². The quantitative estimate of drug-likeness (QED) is 0.229. The van der Waals surface area contributed by atoms with Crippen LogP contribution in [0, 0.1) is 23.7 Å². The Bertz CT molecular complexity index is 856. The second-order valence-electron chi connectivity index (χ2n) is 8.23. The number of thiophene rings is 1. The second-order valence-corrected chi connectivity index (χ2v) is 10.5. The molecule has 1 aromatic carbocycles. The fraction of sp³-hybridized carbons (Fsp3) is 0.458. The Morgan fingerprint density at radius 1 is 1.03 bits per heavy atom. The smallest absolute Gasteiger partial charge is 0.248 e. The van der Waals surface area contributed by atoms with Crippen LogP contribution in [0.2, 0.25) is 0 Å². The molecule has 32 heavy (non-hydrogen) atoms. The zero-order valence-corrected chi connectivity index (χ0v) is 20.4. The number of thioether (sulfide) groups is 1. The number of rotatable bonds is 13. The zero-order valence-electron chi connectivity index (χ0n) is 18.7. The minimum atomic E-state index is -0.691. The summed E-state index contributed by atoms with van der Waals surface area (Å²) in [5.74, 6) is -2.12. The highest BCUT2D eigenvalue weighted by atomic mass is 32.2. The van der Waals surface area contributed by atoms with Crippen molar-refractivity contribution in [2.24, 2.45) is 23.7 Å². The lowest BCUT2D eigenvalue weighted by Crippen LogP contribution is -2.40. The van der Waals surface area contributed by atoms with Crippen LogP contribution in [-0.2, 0) is 20.8 Å². The van der Waals surface area contributed by atoms with E-state index >= 15 is 0 Å². The summed E-state index contributed by atoms with van der Waals surface area (Å²) in [7, 11) is 1.57. The van der Waals surface area contributed by atoms with Gasteiger partial charge >= 0.3 is 0 Å². The van der Waals surface area contributed by atoms with E-state index in [0.717, 1.165) is 9.77 Å². The van der Waals surface area contributed by atoms with Crippen molar-refractivity contribution >= 4 is 40.7 Å². The average molecular weight is 477 g/mol. The summed E-state index contributed by atoms with van der Waals surface area (Å²) in [6, 6.07) is 13.5. The SMILES string of the molecule is CNC(=O)C(CC(=O)[C@H](CC(C)C)C(CSc1cccs1)C(=O)NO)Cc1ccccc1. The molecule has 0 aliphatic rings. The van der Waals surface area contributed by atoms with Crippen LogP contribution < -0.4 is 10.8 Å². The van der Waals surface area contributed by atoms with Crippen molar-refractivity contribution in [1.82, 2.24) is 10.8 Å². The highest BCUT2D eigenvalue weighted by molar-refractivity contribution is 8.01. The Labute approximate surface area is 198 Å². The van der Waals surface area contributed by atoms with Gasteiger partial charge in [0.15, 0.2) is 0 Å². The van der Waals surface area contributed by atoms with Crippen molar-refractivity contribution in [3.8, 4) is 0 Å². The van der Waals surface area contributed by atoms with E-state index in [-0.39, 0.29) is 24.0 Å². The summed E-state index contributed by atoms with van der Waals surface area (Å²) in [5, 5.41) is 14.0. The van der Waals surface area contributed by atoms with E-state index in [4.69, 9.17) is 0 Å². The third-order valence-corrected chi connectivity index (χ3v) is 7.61. The van der Waals surface area contributed by atoms with Crippen molar-refractivity contribution in [2.75, 3.05) is 12.8 Å². The predicted octanol–water partition coefficient (Wildman–Crippen LogP) is 4.19. The first-order chi connectivity index (χ1) is 15.3. The Balaban J connectivity index is 2.23. The molecule has 2 aromatic rings. The van der Waals surface area contributed by atoms with Crippen LogP contribution >= 0.6 is 23.1 Å². The van der Waals surface area contributed by atoms with E-state index in [9.17, 15) is 19.6 Å². The molecule has 0 saturated heterocycles. The normalized spacial score (nSPS) is 13.9. The zero-order chi connectivity index (χ0) is 23.5. The first-order valence-corrected chi connectivity index (χ1v) is 12.6. The van der Waals surface area contributed by atoms with E-state index in [1.807, 2.05) is 61.7 Å². The lowest BCUT2D eigenvalue weighted by atomic mass is 9.79. The first-order valence-electron chi connectivity index (χ1n) is 10.7. The highest BCUT2D eigenvalue weighted by Gasteiger charge is 2.36. The number of nitrogens with one attached hydrogen (secondary N) is 2. The van der Waals surface area contributed by atoms with E-state index < -0.39 is 23.7 Å². The van der Waals surface area contributed by atoms with Crippen molar-refractivity contribution in [1.29, 1.82) is 0 Å². The van der Waals surface area contributed by atoms with Crippen LogP contribution in [0.4, 0.5) is 0 Å². The van der Waals surface area contributed by atoms with Crippen LogP contribution in [0.1, 0.15) is 32.3 Å². The largest absolute Gasteiger partial charge is 0.359 e. The van der Waals surface area contributed by atoms with Crippen molar-refractivity contribution < 1.29 is 19.6 Å². The maximum atomic E-state index is 13.5. The van der Waals surface area contributed by atoms with E-state index in [2.05, 4.69) is 5.32 Å². The number of carbonyl (C=O) groups excluding carboxylic acids is 3. The van der Waals surface area contributed by atoms with Crippen molar-refractivity contribution in [3.63, 3.8) is 0 Å². The molecule has 0 bridgehead atoms. The Kier molecular flexibility index (Phi) is 10.9. The molecule has 8 heteroatoms. The molecule has 0 aliphatic carbocycles. The molecule has 2 rings (SSSR count). The monoisotopic (exact) mass is 476 g/mol. The summed E-state index contributed by atoms with van der Waals surface area (Å²) >= 11 is 3.07.